The number of carbonyl (C=O) groups is 2. The van der Waals surface area contributed by atoms with Crippen LogP contribution in [-0.2, 0) is 0 Å². The van der Waals surface area contributed by atoms with Crippen LogP contribution in [0.5, 0.6) is 0 Å². The first-order valence-electron chi connectivity index (χ1n) is 10.1. The van der Waals surface area contributed by atoms with Gasteiger partial charge in [0, 0.05) is 33.8 Å². The molecule has 0 spiro atoms. The van der Waals surface area contributed by atoms with Crippen LogP contribution >= 0.6 is 0 Å². The van der Waals surface area contributed by atoms with Crippen molar-refractivity contribution in [1.29, 1.82) is 0 Å². The summed E-state index contributed by atoms with van der Waals surface area (Å²) in [6, 6.07) is 18.9. The van der Waals surface area contributed by atoms with Gasteiger partial charge in [0.15, 0.2) is 17.4 Å². The van der Waals surface area contributed by atoms with Crippen molar-refractivity contribution >= 4 is 28.3 Å². The number of benzene rings is 3. The maximum Gasteiger partial charge on any atom is 0.209 e. The van der Waals surface area contributed by atoms with Gasteiger partial charge in [-0.15, -0.1) is 0 Å². The Morgan fingerprint density at radius 3 is 2.30 bits per heavy atom. The molecule has 162 valence electrons. The second-order valence-corrected chi connectivity index (χ2v) is 7.56. The van der Waals surface area contributed by atoms with Gasteiger partial charge in [-0.2, -0.15) is 0 Å². The third kappa shape index (κ3) is 3.40. The minimum Gasteiger partial charge on any atom is -0.385 e. The zero-order valence-electron chi connectivity index (χ0n) is 17.2. The number of rotatable bonds is 5. The van der Waals surface area contributed by atoms with E-state index in [9.17, 15) is 18.4 Å². The van der Waals surface area contributed by atoms with Crippen LogP contribution in [-0.4, -0.2) is 21.5 Å². The van der Waals surface area contributed by atoms with Crippen LogP contribution < -0.4 is 5.73 Å². The number of carbonyl (C=O) groups excluding carboxylic acids is 2. The molecule has 0 radical (unpaired) electrons. The molecule has 0 aliphatic rings. The monoisotopic (exact) mass is 441 g/mol. The maximum atomic E-state index is 14.2. The number of hydrogen-bond acceptors (Lipinski definition) is 3. The zero-order valence-corrected chi connectivity index (χ0v) is 17.2. The highest BCUT2D eigenvalue weighted by molar-refractivity contribution is 6.24. The molecule has 2 heterocycles. The molecule has 5 rings (SSSR count). The number of ketones is 2. The van der Waals surface area contributed by atoms with Crippen LogP contribution in [0.2, 0.25) is 0 Å². The zero-order chi connectivity index (χ0) is 23.1. The molecule has 4 N–H and O–H groups in total. The molecule has 0 aliphatic heterocycles. The lowest BCUT2D eigenvalue weighted by Crippen LogP contribution is -2.07. The maximum absolute atomic E-state index is 14.2. The number of nitrogen functional groups attached to an aromatic ring is 1. The first-order valence-corrected chi connectivity index (χ1v) is 10.1. The fourth-order valence-corrected chi connectivity index (χ4v) is 3.99. The summed E-state index contributed by atoms with van der Waals surface area (Å²) in [6.45, 7) is 0. The Kier molecular flexibility index (Phi) is 4.86. The molecule has 0 atom stereocenters. The summed E-state index contributed by atoms with van der Waals surface area (Å²) in [5.41, 5.74) is 7.98. The summed E-state index contributed by atoms with van der Waals surface area (Å²) in [4.78, 5) is 32.8. The normalized spacial score (nSPS) is 11.1. The fourth-order valence-electron chi connectivity index (χ4n) is 3.99. The molecule has 0 unspecified atom stereocenters. The third-order valence-corrected chi connectivity index (χ3v) is 5.56. The Morgan fingerprint density at radius 2 is 1.55 bits per heavy atom. The average Bonchev–Trinajstić information content (AvgIpc) is 3.42. The summed E-state index contributed by atoms with van der Waals surface area (Å²) in [7, 11) is 0. The number of H-pyrrole nitrogens is 2. The van der Waals surface area contributed by atoms with E-state index < -0.39 is 23.2 Å². The van der Waals surface area contributed by atoms with Crippen LogP contribution in [0.4, 0.5) is 14.6 Å². The Bertz CT molecular complexity index is 1530. The van der Waals surface area contributed by atoms with Gasteiger partial charge in [-0.3, -0.25) is 9.59 Å². The quantitative estimate of drug-likeness (QED) is 0.315. The number of nitrogens with one attached hydrogen (secondary N) is 2. The van der Waals surface area contributed by atoms with Crippen LogP contribution in [0.1, 0.15) is 32.0 Å². The lowest BCUT2D eigenvalue weighted by Gasteiger charge is -2.08. The number of aromatic nitrogens is 2. The first-order chi connectivity index (χ1) is 16.0. The minimum absolute atomic E-state index is 0.0186. The molecular formula is C26H17F2N3O2. The van der Waals surface area contributed by atoms with Crippen molar-refractivity contribution in [3.63, 3.8) is 0 Å². The summed E-state index contributed by atoms with van der Waals surface area (Å²) in [5.74, 6) is -3.06. The predicted molar refractivity (Wildman–Crippen MR) is 122 cm³/mol. The van der Waals surface area contributed by atoms with Gasteiger partial charge in [0.25, 0.3) is 0 Å². The second-order valence-electron chi connectivity index (χ2n) is 7.56. The molecule has 7 heteroatoms. The van der Waals surface area contributed by atoms with Gasteiger partial charge in [-0.05, 0) is 23.8 Å². The van der Waals surface area contributed by atoms with Gasteiger partial charge in [0.1, 0.15) is 5.82 Å². The van der Waals surface area contributed by atoms with Crippen molar-refractivity contribution in [1.82, 2.24) is 9.97 Å². The van der Waals surface area contributed by atoms with Crippen molar-refractivity contribution in [2.24, 2.45) is 0 Å². The molecule has 0 bridgehead atoms. The van der Waals surface area contributed by atoms with Gasteiger partial charge < -0.3 is 15.7 Å². The number of nitrogens with two attached hydrogens (primary N) is 1. The number of fused-ring (bicyclic) bond motifs is 1. The molecule has 0 amide bonds. The van der Waals surface area contributed by atoms with E-state index in [0.29, 0.717) is 16.5 Å². The number of aromatic amines is 2. The summed E-state index contributed by atoms with van der Waals surface area (Å²) in [6.07, 6.45) is 1.56. The largest absolute Gasteiger partial charge is 0.385 e. The van der Waals surface area contributed by atoms with E-state index in [4.69, 9.17) is 5.73 Å². The van der Waals surface area contributed by atoms with E-state index in [2.05, 4.69) is 9.97 Å². The highest BCUT2D eigenvalue weighted by atomic mass is 19.2. The van der Waals surface area contributed by atoms with Gasteiger partial charge in [-0.25, -0.2) is 8.78 Å². The average molecular weight is 441 g/mol. The van der Waals surface area contributed by atoms with E-state index in [1.165, 1.54) is 6.07 Å². The molecule has 0 aliphatic carbocycles. The SMILES string of the molecule is Nc1[nH]c(C(=O)c2ccccc2)c(-c2ccc(F)c(F)c2)c1C(=O)c1c[nH]c2ccccc12. The van der Waals surface area contributed by atoms with Crippen LogP contribution in [0.25, 0.3) is 22.0 Å². The van der Waals surface area contributed by atoms with Gasteiger partial charge >= 0.3 is 0 Å². The van der Waals surface area contributed by atoms with Crippen molar-refractivity contribution in [2.45, 2.75) is 0 Å². The molecule has 33 heavy (non-hydrogen) atoms. The number of para-hydroxylation sites is 1. The third-order valence-electron chi connectivity index (χ3n) is 5.56. The van der Waals surface area contributed by atoms with E-state index in [1.807, 2.05) is 12.1 Å². The van der Waals surface area contributed by atoms with Crippen molar-refractivity contribution < 1.29 is 18.4 Å². The molecule has 5 aromatic rings. The molecule has 0 fully saturated rings. The highest BCUT2D eigenvalue weighted by Gasteiger charge is 2.29. The molecule has 0 saturated heterocycles. The summed E-state index contributed by atoms with van der Waals surface area (Å²) < 4.78 is 27.8. The van der Waals surface area contributed by atoms with Gasteiger partial charge in [0.2, 0.25) is 5.78 Å². The molecular weight excluding hydrogens is 424 g/mol. The standard InChI is InChI=1S/C26H17F2N3O2/c27-18-11-10-15(12-19(18)28)21-22(25(33)17-13-30-20-9-5-4-8-16(17)20)26(29)31-23(21)24(32)14-6-2-1-3-7-14/h1-13,30-31H,29H2. The predicted octanol–water partition coefficient (Wildman–Crippen LogP) is 5.49. The van der Waals surface area contributed by atoms with Gasteiger partial charge in [0.05, 0.1) is 11.3 Å². The van der Waals surface area contributed by atoms with E-state index in [1.54, 1.807) is 48.7 Å². The van der Waals surface area contributed by atoms with Crippen molar-refractivity contribution in [3.05, 3.63) is 113 Å². The lowest BCUT2D eigenvalue weighted by molar-refractivity contribution is 0.103. The van der Waals surface area contributed by atoms with Crippen LogP contribution in [0, 0.1) is 11.6 Å². The molecule has 0 saturated carbocycles. The topological polar surface area (TPSA) is 91.7 Å². The lowest BCUT2D eigenvalue weighted by atomic mass is 9.93. The van der Waals surface area contributed by atoms with Crippen molar-refractivity contribution in [3.8, 4) is 11.1 Å². The fraction of sp³-hybridized carbons (Fsp3) is 0. The number of hydrogen-bond donors (Lipinski definition) is 3. The van der Waals surface area contributed by atoms with E-state index >= 15 is 0 Å². The number of anilines is 1. The first kappa shape index (κ1) is 20.4. The molecule has 2 aromatic heterocycles. The second kappa shape index (κ2) is 7.87. The van der Waals surface area contributed by atoms with Crippen LogP contribution in [0.3, 0.4) is 0 Å². The molecule has 5 nitrogen and oxygen atoms in total. The van der Waals surface area contributed by atoms with E-state index in [-0.39, 0.29) is 28.2 Å². The van der Waals surface area contributed by atoms with Crippen LogP contribution in [0.15, 0.2) is 79.0 Å². The minimum atomic E-state index is -1.10. The Hall–Kier alpha value is -4.52. The van der Waals surface area contributed by atoms with E-state index in [0.717, 1.165) is 17.6 Å². The Morgan fingerprint density at radius 1 is 0.818 bits per heavy atom. The van der Waals surface area contributed by atoms with Gasteiger partial charge in [-0.1, -0.05) is 54.6 Å². The summed E-state index contributed by atoms with van der Waals surface area (Å²) in [5, 5.41) is 0.676. The molecule has 3 aromatic carbocycles. The highest BCUT2D eigenvalue weighted by Crippen LogP contribution is 2.36. The Labute approximate surface area is 186 Å². The number of halogens is 2. The van der Waals surface area contributed by atoms with Crippen molar-refractivity contribution in [2.75, 3.05) is 5.73 Å². The summed E-state index contributed by atoms with van der Waals surface area (Å²) >= 11 is 0. The smallest absolute Gasteiger partial charge is 0.209 e. The Balaban J connectivity index is 1.76.